The molecule has 21 heavy (non-hydrogen) atoms. The van der Waals surface area contributed by atoms with E-state index in [1.165, 1.54) is 12.8 Å². The van der Waals surface area contributed by atoms with E-state index in [0.29, 0.717) is 18.3 Å². The normalized spacial score (nSPS) is 15.6. The molecule has 2 rings (SSSR count). The van der Waals surface area contributed by atoms with Crippen molar-refractivity contribution >= 4 is 23.2 Å². The second kappa shape index (κ2) is 7.11. The number of aliphatic imine (C=N–C) groups is 1. The van der Waals surface area contributed by atoms with Crippen LogP contribution in [-0.2, 0) is 4.79 Å². The second-order valence-corrected chi connectivity index (χ2v) is 5.86. The Bertz CT molecular complexity index is 519. The number of benzene rings is 1. The first-order valence-electron chi connectivity index (χ1n) is 7.53. The summed E-state index contributed by atoms with van der Waals surface area (Å²) in [6.07, 6.45) is 2.85. The number of hydrogen-bond acceptors (Lipinski definition) is 2. The summed E-state index contributed by atoms with van der Waals surface area (Å²) < 4.78 is 0. The highest BCUT2D eigenvalue weighted by atomic mass is 16.1. The number of rotatable bonds is 4. The molecule has 0 aliphatic carbocycles. The molecule has 1 aliphatic heterocycles. The molecule has 0 saturated carbocycles. The first kappa shape index (κ1) is 15.4. The van der Waals surface area contributed by atoms with E-state index in [2.05, 4.69) is 15.2 Å². The van der Waals surface area contributed by atoms with E-state index >= 15 is 0 Å². The van der Waals surface area contributed by atoms with Crippen LogP contribution < -0.4 is 11.1 Å². The summed E-state index contributed by atoms with van der Waals surface area (Å²) in [4.78, 5) is 18.3. The SMILES string of the molecule is CC(C)CC(=O)Nc1cccc(N=C(N)N2CCCC2)c1. The highest BCUT2D eigenvalue weighted by molar-refractivity contribution is 5.91. The lowest BCUT2D eigenvalue weighted by molar-refractivity contribution is -0.116. The third-order valence-electron chi connectivity index (χ3n) is 3.40. The molecule has 5 nitrogen and oxygen atoms in total. The molecule has 0 spiro atoms. The van der Waals surface area contributed by atoms with Crippen LogP contribution in [0.2, 0.25) is 0 Å². The van der Waals surface area contributed by atoms with Crippen molar-refractivity contribution in [3.05, 3.63) is 24.3 Å². The lowest BCUT2D eigenvalue weighted by atomic mass is 10.1. The lowest BCUT2D eigenvalue weighted by Gasteiger charge is -2.15. The van der Waals surface area contributed by atoms with Gasteiger partial charge in [0.2, 0.25) is 5.91 Å². The van der Waals surface area contributed by atoms with Crippen LogP contribution in [0.25, 0.3) is 0 Å². The van der Waals surface area contributed by atoms with Crippen LogP contribution in [0.3, 0.4) is 0 Å². The van der Waals surface area contributed by atoms with Gasteiger partial charge in [-0.1, -0.05) is 19.9 Å². The summed E-state index contributed by atoms with van der Waals surface area (Å²) in [6.45, 7) is 5.99. The predicted octanol–water partition coefficient (Wildman–Crippen LogP) is 2.71. The van der Waals surface area contributed by atoms with E-state index in [1.54, 1.807) is 0 Å². The predicted molar refractivity (Wildman–Crippen MR) is 86.6 cm³/mol. The van der Waals surface area contributed by atoms with Gasteiger partial charge < -0.3 is 16.0 Å². The van der Waals surface area contributed by atoms with Crippen LogP contribution in [-0.4, -0.2) is 29.9 Å². The first-order chi connectivity index (χ1) is 10.0. The Kier molecular flexibility index (Phi) is 5.20. The van der Waals surface area contributed by atoms with Crippen molar-refractivity contribution in [3.63, 3.8) is 0 Å². The largest absolute Gasteiger partial charge is 0.369 e. The molecule has 0 radical (unpaired) electrons. The first-order valence-corrected chi connectivity index (χ1v) is 7.53. The number of guanidine groups is 1. The molecule has 1 aromatic rings. The fourth-order valence-electron chi connectivity index (χ4n) is 2.39. The van der Waals surface area contributed by atoms with Gasteiger partial charge >= 0.3 is 0 Å². The van der Waals surface area contributed by atoms with E-state index in [1.807, 2.05) is 38.1 Å². The van der Waals surface area contributed by atoms with Crippen molar-refractivity contribution in [3.8, 4) is 0 Å². The van der Waals surface area contributed by atoms with Crippen molar-refractivity contribution in [2.24, 2.45) is 16.6 Å². The maximum atomic E-state index is 11.8. The standard InChI is InChI=1S/C16H24N4O/c1-12(2)10-15(21)18-13-6-5-7-14(11-13)19-16(17)20-8-3-4-9-20/h5-7,11-12H,3-4,8-10H2,1-2H3,(H2,17,19)(H,18,21). The van der Waals surface area contributed by atoms with Crippen LogP contribution >= 0.6 is 0 Å². The Hall–Kier alpha value is -2.04. The number of nitrogens with zero attached hydrogens (tertiary/aromatic N) is 2. The maximum Gasteiger partial charge on any atom is 0.224 e. The van der Waals surface area contributed by atoms with Crippen LogP contribution in [0.5, 0.6) is 0 Å². The number of carbonyl (C=O) groups excluding carboxylic acids is 1. The summed E-state index contributed by atoms with van der Waals surface area (Å²) in [6, 6.07) is 7.48. The smallest absolute Gasteiger partial charge is 0.224 e. The number of amides is 1. The van der Waals surface area contributed by atoms with Gasteiger partial charge in [-0.25, -0.2) is 4.99 Å². The number of likely N-dealkylation sites (tertiary alicyclic amines) is 1. The molecular formula is C16H24N4O. The average molecular weight is 288 g/mol. The van der Waals surface area contributed by atoms with Crippen LogP contribution in [0.15, 0.2) is 29.3 Å². The summed E-state index contributed by atoms with van der Waals surface area (Å²) in [5, 5.41) is 2.89. The quantitative estimate of drug-likeness (QED) is 0.661. The van der Waals surface area contributed by atoms with Crippen molar-refractivity contribution in [2.75, 3.05) is 18.4 Å². The molecule has 1 heterocycles. The fraction of sp³-hybridized carbons (Fsp3) is 0.500. The number of hydrogen-bond donors (Lipinski definition) is 2. The number of nitrogens with one attached hydrogen (secondary N) is 1. The molecule has 1 fully saturated rings. The van der Waals surface area contributed by atoms with Gasteiger partial charge in [0, 0.05) is 25.2 Å². The van der Waals surface area contributed by atoms with E-state index < -0.39 is 0 Å². The Labute approximate surface area is 126 Å². The molecule has 1 aromatic carbocycles. The molecule has 0 aromatic heterocycles. The molecule has 114 valence electrons. The summed E-state index contributed by atoms with van der Waals surface area (Å²) in [5.74, 6) is 0.925. The number of nitrogens with two attached hydrogens (primary N) is 1. The van der Waals surface area contributed by atoms with Crippen LogP contribution in [0, 0.1) is 5.92 Å². The second-order valence-electron chi connectivity index (χ2n) is 5.86. The minimum atomic E-state index is 0.0265. The molecule has 0 bridgehead atoms. The molecule has 5 heteroatoms. The maximum absolute atomic E-state index is 11.8. The van der Waals surface area contributed by atoms with Crippen LogP contribution in [0.4, 0.5) is 11.4 Å². The topological polar surface area (TPSA) is 70.7 Å². The van der Waals surface area contributed by atoms with E-state index in [-0.39, 0.29) is 5.91 Å². The molecule has 1 saturated heterocycles. The lowest BCUT2D eigenvalue weighted by Crippen LogP contribution is -2.34. The zero-order valence-electron chi connectivity index (χ0n) is 12.8. The minimum absolute atomic E-state index is 0.0265. The Morgan fingerprint density at radius 2 is 2.10 bits per heavy atom. The van der Waals surface area contributed by atoms with Gasteiger partial charge in [0.05, 0.1) is 5.69 Å². The minimum Gasteiger partial charge on any atom is -0.369 e. The van der Waals surface area contributed by atoms with Gasteiger partial charge in [0.25, 0.3) is 0 Å². The monoisotopic (exact) mass is 288 g/mol. The molecule has 0 atom stereocenters. The zero-order chi connectivity index (χ0) is 15.2. The number of carbonyl (C=O) groups is 1. The van der Waals surface area contributed by atoms with Crippen molar-refractivity contribution in [1.82, 2.24) is 4.90 Å². The fourth-order valence-corrected chi connectivity index (χ4v) is 2.39. The van der Waals surface area contributed by atoms with Gasteiger partial charge in [-0.05, 0) is 37.0 Å². The molecule has 1 amide bonds. The third-order valence-corrected chi connectivity index (χ3v) is 3.40. The van der Waals surface area contributed by atoms with E-state index in [4.69, 9.17) is 5.73 Å². The van der Waals surface area contributed by atoms with Crippen LogP contribution in [0.1, 0.15) is 33.1 Å². The Morgan fingerprint density at radius 1 is 1.38 bits per heavy atom. The average Bonchev–Trinajstić information content (AvgIpc) is 2.91. The Balaban J connectivity index is 2.03. The number of anilines is 1. The zero-order valence-corrected chi connectivity index (χ0v) is 12.8. The van der Waals surface area contributed by atoms with Gasteiger partial charge in [-0.2, -0.15) is 0 Å². The molecule has 3 N–H and O–H groups in total. The summed E-state index contributed by atoms with van der Waals surface area (Å²) in [5.41, 5.74) is 7.54. The summed E-state index contributed by atoms with van der Waals surface area (Å²) >= 11 is 0. The highest BCUT2D eigenvalue weighted by Gasteiger charge is 2.13. The van der Waals surface area contributed by atoms with Gasteiger partial charge in [-0.3, -0.25) is 4.79 Å². The van der Waals surface area contributed by atoms with Gasteiger partial charge in [0.15, 0.2) is 5.96 Å². The van der Waals surface area contributed by atoms with Crippen molar-refractivity contribution in [2.45, 2.75) is 33.1 Å². The van der Waals surface area contributed by atoms with E-state index in [9.17, 15) is 4.79 Å². The molecule has 1 aliphatic rings. The third kappa shape index (κ3) is 4.77. The molecule has 0 unspecified atom stereocenters. The van der Waals surface area contributed by atoms with Gasteiger partial charge in [0.1, 0.15) is 0 Å². The van der Waals surface area contributed by atoms with Crippen molar-refractivity contribution in [1.29, 1.82) is 0 Å². The summed E-state index contributed by atoms with van der Waals surface area (Å²) in [7, 11) is 0. The molecular weight excluding hydrogens is 264 g/mol. The van der Waals surface area contributed by atoms with Crippen molar-refractivity contribution < 1.29 is 4.79 Å². The van der Waals surface area contributed by atoms with Gasteiger partial charge in [-0.15, -0.1) is 0 Å². The Morgan fingerprint density at radius 3 is 2.76 bits per heavy atom. The van der Waals surface area contributed by atoms with E-state index in [0.717, 1.165) is 24.5 Å². The highest BCUT2D eigenvalue weighted by Crippen LogP contribution is 2.19.